The molecule has 0 N–H and O–H groups in total. The number of nitrogens with zero attached hydrogens (tertiary/aromatic N) is 4. The van der Waals surface area contributed by atoms with Crippen LogP contribution in [0.1, 0.15) is 0 Å². The zero-order chi connectivity index (χ0) is 52.2. The van der Waals surface area contributed by atoms with Crippen LogP contribution in [-0.2, 0) is 0 Å². The molecule has 80 heavy (non-hydrogen) atoms. The number of hydrogen-bond acceptors (Lipinski definition) is 4. The van der Waals surface area contributed by atoms with Crippen LogP contribution >= 0.6 is 0 Å². The maximum Gasteiger partial charge on any atom is 0.260 e. The highest BCUT2D eigenvalue weighted by Gasteiger charge is 2.54. The van der Waals surface area contributed by atoms with Crippen molar-refractivity contribution in [3.8, 4) is 34.4 Å². The molecule has 0 amide bonds. The Hall–Kier alpha value is -10.3. The number of benzene rings is 12. The summed E-state index contributed by atoms with van der Waals surface area (Å²) in [4.78, 5) is 5.06. The second-order valence-corrected chi connectivity index (χ2v) is 25.2. The van der Waals surface area contributed by atoms with Crippen molar-refractivity contribution in [1.82, 2.24) is 9.13 Å². The van der Waals surface area contributed by atoms with Crippen LogP contribution in [0.5, 0.6) is 23.0 Å². The van der Waals surface area contributed by atoms with Gasteiger partial charge in [-0.3, -0.25) is 0 Å². The van der Waals surface area contributed by atoms with E-state index in [1.165, 1.54) is 75.7 Å². The smallest absolute Gasteiger partial charge is 0.260 e. The topological polar surface area (TPSA) is 34.8 Å². The van der Waals surface area contributed by atoms with Crippen LogP contribution in [0.15, 0.2) is 273 Å². The fourth-order valence-corrected chi connectivity index (χ4v) is 19.9. The first kappa shape index (κ1) is 43.8. The van der Waals surface area contributed by atoms with Gasteiger partial charge < -0.3 is 28.4 Å². The molecule has 18 rings (SSSR count). The zero-order valence-electron chi connectivity index (χ0n) is 43.2. The van der Waals surface area contributed by atoms with E-state index in [1.54, 1.807) is 0 Å². The highest BCUT2D eigenvalue weighted by molar-refractivity contribution is 7.23. The number of hydrogen-bond donors (Lipinski definition) is 0. The molecule has 6 heterocycles. The van der Waals surface area contributed by atoms with Crippen molar-refractivity contribution in [3.63, 3.8) is 0 Å². The predicted octanol–water partition coefficient (Wildman–Crippen LogP) is 13.6. The fraction of sp³-hybridized carbons (Fsp3) is 0. The van der Waals surface area contributed by atoms with E-state index in [-0.39, 0.29) is 6.71 Å². The van der Waals surface area contributed by atoms with E-state index in [9.17, 15) is 0 Å². The largest absolute Gasteiger partial charge is 0.458 e. The van der Waals surface area contributed by atoms with Gasteiger partial charge in [0.25, 0.3) is 6.71 Å². The highest BCUT2D eigenvalue weighted by atomic mass is 28.3. The van der Waals surface area contributed by atoms with Gasteiger partial charge in [-0.05, 0) is 129 Å². The van der Waals surface area contributed by atoms with Gasteiger partial charge >= 0.3 is 0 Å². The van der Waals surface area contributed by atoms with Gasteiger partial charge in [0.15, 0.2) is 8.07 Å². The van der Waals surface area contributed by atoms with Crippen LogP contribution < -0.4 is 56.4 Å². The molecule has 12 aromatic carbocycles. The molecule has 0 radical (unpaired) electrons. The van der Waals surface area contributed by atoms with Crippen molar-refractivity contribution in [2.24, 2.45) is 0 Å². The minimum absolute atomic E-state index is 0.0248. The monoisotopic (exact) mass is 1040 g/mol. The van der Waals surface area contributed by atoms with Gasteiger partial charge in [0.2, 0.25) is 0 Å². The zero-order valence-corrected chi connectivity index (χ0v) is 44.2. The average Bonchev–Trinajstić information content (AvgIpc) is 2.69. The third-order valence-electron chi connectivity index (χ3n) is 17.6. The first-order valence-corrected chi connectivity index (χ1v) is 29.5. The third kappa shape index (κ3) is 5.81. The molecule has 0 atom stereocenters. The summed E-state index contributed by atoms with van der Waals surface area (Å²) < 4.78 is 18.4. The molecule has 0 saturated heterocycles. The van der Waals surface area contributed by atoms with Crippen molar-refractivity contribution in [1.29, 1.82) is 0 Å². The Morgan fingerprint density at radius 3 is 1.25 bits per heavy atom. The summed E-state index contributed by atoms with van der Waals surface area (Å²) in [6.07, 6.45) is 0. The lowest BCUT2D eigenvalue weighted by molar-refractivity contribution is 0.464. The molecule has 0 bridgehead atoms. The number of fused-ring (bicyclic) bond motifs is 18. The van der Waals surface area contributed by atoms with Crippen molar-refractivity contribution >= 4 is 130 Å². The molecule has 6 nitrogen and oxygen atoms in total. The molecular weight excluding hydrogens is 992 g/mol. The predicted molar refractivity (Wildman–Crippen MR) is 333 cm³/mol. The second kappa shape index (κ2) is 16.4. The van der Waals surface area contributed by atoms with Crippen molar-refractivity contribution in [3.05, 3.63) is 273 Å². The molecule has 0 fully saturated rings. The molecule has 4 aliphatic heterocycles. The molecule has 1 spiro atoms. The average molecular weight is 1040 g/mol. The van der Waals surface area contributed by atoms with E-state index in [4.69, 9.17) is 9.47 Å². The first-order chi connectivity index (χ1) is 39.7. The van der Waals surface area contributed by atoms with Crippen molar-refractivity contribution < 1.29 is 9.47 Å². The van der Waals surface area contributed by atoms with E-state index in [2.05, 4.69) is 286 Å². The lowest BCUT2D eigenvalue weighted by Gasteiger charge is -2.50. The quantitative estimate of drug-likeness (QED) is 0.165. The second-order valence-electron chi connectivity index (χ2n) is 21.5. The summed E-state index contributed by atoms with van der Waals surface area (Å²) in [7, 11) is -3.31. The van der Waals surface area contributed by atoms with Gasteiger partial charge in [-0.1, -0.05) is 170 Å². The Kier molecular flexibility index (Phi) is 8.96. The van der Waals surface area contributed by atoms with Crippen LogP contribution in [0.25, 0.3) is 55.0 Å². The van der Waals surface area contributed by atoms with E-state index in [0.29, 0.717) is 0 Å². The maximum atomic E-state index is 6.99. The number of aromatic nitrogens is 2. The summed E-state index contributed by atoms with van der Waals surface area (Å²) in [6, 6.07) is 101. The van der Waals surface area contributed by atoms with Gasteiger partial charge in [-0.25, -0.2) is 0 Å². The summed E-state index contributed by atoms with van der Waals surface area (Å²) in [5.74, 6) is 3.41. The molecule has 0 saturated carbocycles. The standard InChI is InChI=1S/C72H45BN4O2Si/c1-2-19-46(20-3-1)74-62-43-47(75-56-26-9-4-21-50(56)51-22-5-10-27-57(51)75)38-41-70(62)80(71-42-39-48(44-63(71)74)76-58-28-11-6-23-52(58)53-24-7-12-29-59(53)76)68-35-16-13-30-60(68)77(61-31-14-17-36-69(61)80)49-37-40-55-67(45-49)79-66-34-18-33-65-72(66)73(55)54-25-8-15-32-64(54)78-65/h1-45H. The highest BCUT2D eigenvalue weighted by Crippen LogP contribution is 2.47. The Morgan fingerprint density at radius 1 is 0.275 bits per heavy atom. The van der Waals surface area contributed by atoms with Crippen LogP contribution in [0.3, 0.4) is 0 Å². The van der Waals surface area contributed by atoms with Crippen LogP contribution in [0.4, 0.5) is 34.1 Å². The molecule has 2 aromatic heterocycles. The van der Waals surface area contributed by atoms with Gasteiger partial charge in [0, 0.05) is 78.6 Å². The van der Waals surface area contributed by atoms with E-state index >= 15 is 0 Å². The Labute approximate surface area is 462 Å². The van der Waals surface area contributed by atoms with Gasteiger partial charge in [0.1, 0.15) is 23.0 Å². The molecular formula is C72H45BN4O2Si. The minimum Gasteiger partial charge on any atom is -0.458 e. The fourth-order valence-electron chi connectivity index (χ4n) is 14.5. The van der Waals surface area contributed by atoms with Gasteiger partial charge in [-0.15, -0.1) is 0 Å². The van der Waals surface area contributed by atoms with Crippen LogP contribution in [0, 0.1) is 0 Å². The van der Waals surface area contributed by atoms with Crippen molar-refractivity contribution in [2.45, 2.75) is 0 Å². The minimum atomic E-state index is -3.31. The normalized spacial score (nSPS) is 14.0. The third-order valence-corrected chi connectivity index (χ3v) is 22.5. The van der Waals surface area contributed by atoms with Crippen molar-refractivity contribution in [2.75, 3.05) is 9.80 Å². The Balaban J connectivity index is 0.918. The van der Waals surface area contributed by atoms with Crippen LogP contribution in [-0.4, -0.2) is 23.9 Å². The molecule has 372 valence electrons. The Bertz CT molecular complexity index is 4650. The summed E-state index contributed by atoms with van der Waals surface area (Å²) in [5.41, 5.74) is 17.1. The summed E-state index contributed by atoms with van der Waals surface area (Å²) >= 11 is 0. The number of para-hydroxylation sites is 8. The molecule has 14 aromatic rings. The van der Waals surface area contributed by atoms with Gasteiger partial charge in [0.05, 0.1) is 22.1 Å². The first-order valence-electron chi connectivity index (χ1n) is 27.5. The SMILES string of the molecule is c1ccc(N2c3cc(-n4c5ccccc5c5ccccc54)ccc3[Si]3(c4ccccc4N(c4ccc5c(c4)Oc4cccc6c4B5c4ccccc4O6)c4ccccc43)c3ccc(-n4c5ccccc5c5ccccc54)cc32)cc1. The number of anilines is 6. The Morgan fingerprint density at radius 2 is 0.688 bits per heavy atom. The van der Waals surface area contributed by atoms with E-state index in [1.807, 2.05) is 6.07 Å². The molecule has 4 aliphatic rings. The lowest BCUT2D eigenvalue weighted by Crippen LogP contribution is -2.79. The van der Waals surface area contributed by atoms with E-state index in [0.717, 1.165) is 73.5 Å². The molecule has 8 heteroatoms. The molecule has 0 unspecified atom stereocenters. The summed E-state index contributed by atoms with van der Waals surface area (Å²) in [6.45, 7) is -0.0248. The summed E-state index contributed by atoms with van der Waals surface area (Å²) in [5, 5.41) is 10.3. The number of ether oxygens (including phenoxy) is 2. The van der Waals surface area contributed by atoms with Crippen LogP contribution in [0.2, 0.25) is 0 Å². The number of rotatable bonds is 4. The van der Waals surface area contributed by atoms with E-state index < -0.39 is 8.07 Å². The maximum absolute atomic E-state index is 6.99. The lowest BCUT2D eigenvalue weighted by atomic mass is 9.35. The molecule has 0 aliphatic carbocycles. The van der Waals surface area contributed by atoms with Gasteiger partial charge in [-0.2, -0.15) is 0 Å².